The molecule has 0 bridgehead atoms. The molecule has 0 radical (unpaired) electrons. The van der Waals surface area contributed by atoms with Crippen molar-refractivity contribution in [3.05, 3.63) is 36.2 Å². The van der Waals surface area contributed by atoms with Gasteiger partial charge in [-0.3, -0.25) is 4.68 Å². The minimum atomic E-state index is -0.0272. The maximum absolute atomic E-state index is 9.23. The molecule has 0 fully saturated rings. The first-order chi connectivity index (χ1) is 7.22. The molecule has 0 saturated carbocycles. The van der Waals surface area contributed by atoms with Crippen LogP contribution in [0.4, 0.5) is 5.69 Å². The van der Waals surface area contributed by atoms with Crippen molar-refractivity contribution in [1.29, 1.82) is 0 Å². The fourth-order valence-corrected chi connectivity index (χ4v) is 1.60. The Morgan fingerprint density at radius 1 is 1.47 bits per heavy atom. The van der Waals surface area contributed by atoms with Gasteiger partial charge >= 0.3 is 0 Å². The van der Waals surface area contributed by atoms with E-state index in [1.54, 1.807) is 17.9 Å². The van der Waals surface area contributed by atoms with Crippen molar-refractivity contribution in [3.63, 3.8) is 0 Å². The van der Waals surface area contributed by atoms with Gasteiger partial charge in [-0.2, -0.15) is 5.10 Å². The molecule has 0 unspecified atom stereocenters. The third kappa shape index (κ3) is 1.71. The van der Waals surface area contributed by atoms with Crippen molar-refractivity contribution < 1.29 is 5.11 Å². The summed E-state index contributed by atoms with van der Waals surface area (Å²) in [5.41, 5.74) is 9.11. The highest BCUT2D eigenvalue weighted by atomic mass is 16.3. The zero-order chi connectivity index (χ0) is 10.8. The SMILES string of the molecule is Cn1ncc(-c2cccc(N)c2)c1CO. The molecule has 2 aromatic rings. The highest BCUT2D eigenvalue weighted by Gasteiger charge is 2.09. The largest absolute Gasteiger partial charge is 0.399 e. The van der Waals surface area contributed by atoms with Crippen molar-refractivity contribution in [2.45, 2.75) is 6.61 Å². The summed E-state index contributed by atoms with van der Waals surface area (Å²) in [4.78, 5) is 0. The highest BCUT2D eigenvalue weighted by molar-refractivity contribution is 5.68. The zero-order valence-electron chi connectivity index (χ0n) is 8.51. The average molecular weight is 203 g/mol. The maximum Gasteiger partial charge on any atom is 0.0856 e. The number of aromatic nitrogens is 2. The van der Waals surface area contributed by atoms with Crippen LogP contribution in [0.2, 0.25) is 0 Å². The monoisotopic (exact) mass is 203 g/mol. The second kappa shape index (κ2) is 3.74. The van der Waals surface area contributed by atoms with E-state index in [4.69, 9.17) is 5.73 Å². The number of aliphatic hydroxyl groups is 1. The molecule has 1 aromatic carbocycles. The Morgan fingerprint density at radius 3 is 2.93 bits per heavy atom. The standard InChI is InChI=1S/C11H13N3O/c1-14-11(7-15)10(6-13-14)8-3-2-4-9(12)5-8/h2-6,15H,7,12H2,1H3. The molecule has 4 heteroatoms. The molecular weight excluding hydrogens is 190 g/mol. The lowest BCUT2D eigenvalue weighted by molar-refractivity contribution is 0.271. The summed E-state index contributed by atoms with van der Waals surface area (Å²) in [6.07, 6.45) is 1.74. The quantitative estimate of drug-likeness (QED) is 0.720. The molecule has 15 heavy (non-hydrogen) atoms. The third-order valence-electron chi connectivity index (χ3n) is 2.41. The first-order valence-corrected chi connectivity index (χ1v) is 4.70. The Kier molecular flexibility index (Phi) is 2.43. The lowest BCUT2D eigenvalue weighted by Gasteiger charge is -2.03. The van der Waals surface area contributed by atoms with E-state index < -0.39 is 0 Å². The van der Waals surface area contributed by atoms with Crippen LogP contribution in [0, 0.1) is 0 Å². The Labute approximate surface area is 88.0 Å². The van der Waals surface area contributed by atoms with Crippen molar-refractivity contribution in [2.75, 3.05) is 5.73 Å². The number of aliphatic hydroxyl groups excluding tert-OH is 1. The lowest BCUT2D eigenvalue weighted by Crippen LogP contribution is -1.98. The molecule has 1 heterocycles. The summed E-state index contributed by atoms with van der Waals surface area (Å²) in [6, 6.07) is 7.54. The Balaban J connectivity index is 2.54. The van der Waals surface area contributed by atoms with E-state index in [1.165, 1.54) is 0 Å². The first kappa shape index (κ1) is 9.73. The smallest absolute Gasteiger partial charge is 0.0856 e. The van der Waals surface area contributed by atoms with E-state index in [2.05, 4.69) is 5.10 Å². The third-order valence-corrected chi connectivity index (χ3v) is 2.41. The van der Waals surface area contributed by atoms with Crippen LogP contribution in [-0.2, 0) is 13.7 Å². The molecule has 0 spiro atoms. The molecule has 0 aliphatic rings. The number of nitrogen functional groups attached to an aromatic ring is 1. The fraction of sp³-hybridized carbons (Fsp3) is 0.182. The number of aryl methyl sites for hydroxylation is 1. The van der Waals surface area contributed by atoms with Gasteiger partial charge < -0.3 is 10.8 Å². The molecule has 78 valence electrons. The van der Waals surface area contributed by atoms with Crippen LogP contribution in [0.15, 0.2) is 30.5 Å². The summed E-state index contributed by atoms with van der Waals surface area (Å²) in [7, 11) is 1.81. The van der Waals surface area contributed by atoms with E-state index in [-0.39, 0.29) is 6.61 Å². The van der Waals surface area contributed by atoms with E-state index in [0.29, 0.717) is 5.69 Å². The van der Waals surface area contributed by atoms with Gasteiger partial charge in [0.15, 0.2) is 0 Å². The molecule has 0 amide bonds. The molecule has 0 atom stereocenters. The van der Waals surface area contributed by atoms with Crippen molar-refractivity contribution in [1.82, 2.24) is 9.78 Å². The Hall–Kier alpha value is -1.81. The van der Waals surface area contributed by atoms with Crippen LogP contribution in [0.5, 0.6) is 0 Å². The predicted molar refractivity (Wildman–Crippen MR) is 59.0 cm³/mol. The summed E-state index contributed by atoms with van der Waals surface area (Å²) in [5, 5.41) is 13.3. The maximum atomic E-state index is 9.23. The summed E-state index contributed by atoms with van der Waals surface area (Å²) in [5.74, 6) is 0. The first-order valence-electron chi connectivity index (χ1n) is 4.70. The number of anilines is 1. The van der Waals surface area contributed by atoms with Gasteiger partial charge in [-0.25, -0.2) is 0 Å². The highest BCUT2D eigenvalue weighted by Crippen LogP contribution is 2.24. The predicted octanol–water partition coefficient (Wildman–Crippen LogP) is 1.16. The number of hydrogen-bond donors (Lipinski definition) is 2. The van der Waals surface area contributed by atoms with E-state index in [0.717, 1.165) is 16.8 Å². The Morgan fingerprint density at radius 2 is 2.27 bits per heavy atom. The van der Waals surface area contributed by atoms with Gasteiger partial charge in [0, 0.05) is 18.3 Å². The van der Waals surface area contributed by atoms with Crippen LogP contribution in [0.25, 0.3) is 11.1 Å². The normalized spacial score (nSPS) is 10.5. The number of benzene rings is 1. The number of nitrogens with two attached hydrogens (primary N) is 1. The van der Waals surface area contributed by atoms with E-state index >= 15 is 0 Å². The Bertz CT molecular complexity index is 476. The molecule has 0 aliphatic carbocycles. The van der Waals surface area contributed by atoms with Gasteiger partial charge in [0.1, 0.15) is 0 Å². The van der Waals surface area contributed by atoms with Gasteiger partial charge in [-0.1, -0.05) is 12.1 Å². The summed E-state index contributed by atoms with van der Waals surface area (Å²) in [6.45, 7) is -0.0272. The van der Waals surface area contributed by atoms with Gasteiger partial charge in [-0.05, 0) is 17.7 Å². The van der Waals surface area contributed by atoms with Crippen LogP contribution in [0.3, 0.4) is 0 Å². The number of rotatable bonds is 2. The van der Waals surface area contributed by atoms with Crippen LogP contribution < -0.4 is 5.73 Å². The number of nitrogens with zero attached hydrogens (tertiary/aromatic N) is 2. The second-order valence-electron chi connectivity index (χ2n) is 3.41. The fourth-order valence-electron chi connectivity index (χ4n) is 1.60. The van der Waals surface area contributed by atoms with E-state index in [9.17, 15) is 5.11 Å². The minimum Gasteiger partial charge on any atom is -0.399 e. The molecule has 4 nitrogen and oxygen atoms in total. The average Bonchev–Trinajstić information content (AvgIpc) is 2.59. The van der Waals surface area contributed by atoms with Gasteiger partial charge in [0.25, 0.3) is 0 Å². The summed E-state index contributed by atoms with van der Waals surface area (Å²) >= 11 is 0. The molecule has 3 N–H and O–H groups in total. The number of hydrogen-bond acceptors (Lipinski definition) is 3. The molecule has 1 aromatic heterocycles. The van der Waals surface area contributed by atoms with Gasteiger partial charge in [0.2, 0.25) is 0 Å². The van der Waals surface area contributed by atoms with E-state index in [1.807, 2.05) is 24.3 Å². The minimum absolute atomic E-state index is 0.0272. The van der Waals surface area contributed by atoms with Crippen LogP contribution in [0.1, 0.15) is 5.69 Å². The topological polar surface area (TPSA) is 64.1 Å². The summed E-state index contributed by atoms with van der Waals surface area (Å²) < 4.78 is 1.67. The van der Waals surface area contributed by atoms with Crippen LogP contribution >= 0.6 is 0 Å². The molecule has 2 rings (SSSR count). The second-order valence-corrected chi connectivity index (χ2v) is 3.41. The van der Waals surface area contributed by atoms with Gasteiger partial charge in [-0.15, -0.1) is 0 Å². The molecule has 0 aliphatic heterocycles. The molecule has 0 saturated heterocycles. The van der Waals surface area contributed by atoms with Crippen molar-refractivity contribution >= 4 is 5.69 Å². The van der Waals surface area contributed by atoms with Gasteiger partial charge in [0.05, 0.1) is 18.5 Å². The zero-order valence-corrected chi connectivity index (χ0v) is 8.51. The van der Waals surface area contributed by atoms with Crippen molar-refractivity contribution in [2.24, 2.45) is 7.05 Å². The van der Waals surface area contributed by atoms with Crippen LogP contribution in [-0.4, -0.2) is 14.9 Å². The molecular formula is C11H13N3O. The lowest BCUT2D eigenvalue weighted by atomic mass is 10.1. The van der Waals surface area contributed by atoms with Crippen molar-refractivity contribution in [3.8, 4) is 11.1 Å².